The minimum Gasteiger partial charge on any atom is -0.366 e. The van der Waals surface area contributed by atoms with Gasteiger partial charge in [0.25, 0.3) is 0 Å². The Labute approximate surface area is 134 Å². The van der Waals surface area contributed by atoms with E-state index in [-0.39, 0.29) is 0 Å². The molecule has 0 fully saturated rings. The Balaban J connectivity index is 1.54. The first-order valence-corrected chi connectivity index (χ1v) is 7.56. The molecule has 0 saturated carbocycles. The molecule has 2 N–H and O–H groups in total. The summed E-state index contributed by atoms with van der Waals surface area (Å²) >= 11 is 0. The van der Waals surface area contributed by atoms with Crippen LogP contribution in [0.3, 0.4) is 0 Å². The summed E-state index contributed by atoms with van der Waals surface area (Å²) in [6.07, 6.45) is 5.66. The average molecular weight is 300 g/mol. The normalized spacial score (nSPS) is 10.8. The van der Waals surface area contributed by atoms with Crippen LogP contribution in [-0.4, -0.2) is 15.0 Å². The van der Waals surface area contributed by atoms with Crippen LogP contribution in [0.2, 0.25) is 0 Å². The van der Waals surface area contributed by atoms with Crippen molar-refractivity contribution >= 4 is 16.9 Å². The van der Waals surface area contributed by atoms with E-state index in [2.05, 4.69) is 44.5 Å². The Bertz CT molecular complexity index is 911. The molecule has 4 nitrogen and oxygen atoms in total. The zero-order valence-corrected chi connectivity index (χ0v) is 12.5. The molecule has 0 bridgehead atoms. The number of rotatable bonds is 4. The predicted molar refractivity (Wildman–Crippen MR) is 93.1 cm³/mol. The zero-order valence-electron chi connectivity index (χ0n) is 12.5. The van der Waals surface area contributed by atoms with Gasteiger partial charge in [-0.1, -0.05) is 30.3 Å². The van der Waals surface area contributed by atoms with Crippen molar-refractivity contribution < 1.29 is 0 Å². The van der Waals surface area contributed by atoms with Crippen molar-refractivity contribution in [3.63, 3.8) is 0 Å². The molecule has 0 aliphatic heterocycles. The Morgan fingerprint density at radius 2 is 1.83 bits per heavy atom. The van der Waals surface area contributed by atoms with Crippen LogP contribution < -0.4 is 5.32 Å². The van der Waals surface area contributed by atoms with Gasteiger partial charge in [0.1, 0.15) is 11.5 Å². The second kappa shape index (κ2) is 5.93. The van der Waals surface area contributed by atoms with Crippen molar-refractivity contribution in [1.29, 1.82) is 0 Å². The summed E-state index contributed by atoms with van der Waals surface area (Å²) < 4.78 is 0. The molecule has 0 saturated heterocycles. The topological polar surface area (TPSA) is 53.6 Å². The fourth-order valence-corrected chi connectivity index (χ4v) is 2.64. The minimum absolute atomic E-state index is 0.768. The third-order valence-corrected chi connectivity index (χ3v) is 3.84. The van der Waals surface area contributed by atoms with Gasteiger partial charge in [-0.05, 0) is 29.8 Å². The molecule has 4 aromatic rings. The van der Waals surface area contributed by atoms with Gasteiger partial charge >= 0.3 is 0 Å². The Hall–Kier alpha value is -3.14. The highest BCUT2D eigenvalue weighted by molar-refractivity contribution is 5.93. The number of H-pyrrole nitrogens is 1. The minimum atomic E-state index is 0.768. The van der Waals surface area contributed by atoms with Gasteiger partial charge in [-0.25, -0.2) is 9.97 Å². The summed E-state index contributed by atoms with van der Waals surface area (Å²) in [6, 6.07) is 18.4. The second-order valence-corrected chi connectivity index (χ2v) is 5.37. The first kappa shape index (κ1) is 13.5. The Kier molecular flexibility index (Phi) is 3.48. The molecule has 4 rings (SSSR count). The van der Waals surface area contributed by atoms with Crippen LogP contribution in [0, 0.1) is 0 Å². The number of benzene rings is 1. The molecule has 0 spiro atoms. The van der Waals surface area contributed by atoms with Gasteiger partial charge in [0.15, 0.2) is 0 Å². The largest absolute Gasteiger partial charge is 0.366 e. The lowest BCUT2D eigenvalue weighted by molar-refractivity contribution is 1.11. The maximum atomic E-state index is 4.51. The van der Waals surface area contributed by atoms with Gasteiger partial charge in [-0.3, -0.25) is 0 Å². The van der Waals surface area contributed by atoms with Crippen molar-refractivity contribution in [2.75, 3.05) is 5.32 Å². The number of nitrogens with zero attached hydrogens (tertiary/aromatic N) is 2. The van der Waals surface area contributed by atoms with Gasteiger partial charge in [-0.15, -0.1) is 0 Å². The van der Waals surface area contributed by atoms with Crippen LogP contribution in [-0.2, 0) is 6.54 Å². The molecule has 3 aromatic heterocycles. The number of nitrogens with one attached hydrogen (secondary N) is 2. The van der Waals surface area contributed by atoms with E-state index in [4.69, 9.17) is 0 Å². The summed E-state index contributed by atoms with van der Waals surface area (Å²) in [7, 11) is 0. The highest BCUT2D eigenvalue weighted by atomic mass is 15.0. The Morgan fingerprint density at radius 1 is 0.913 bits per heavy atom. The van der Waals surface area contributed by atoms with Gasteiger partial charge < -0.3 is 10.3 Å². The van der Waals surface area contributed by atoms with Gasteiger partial charge in [0, 0.05) is 41.6 Å². The summed E-state index contributed by atoms with van der Waals surface area (Å²) in [6.45, 7) is 0.768. The monoisotopic (exact) mass is 300 g/mol. The van der Waals surface area contributed by atoms with Crippen LogP contribution in [0.5, 0.6) is 0 Å². The molecule has 0 amide bonds. The number of anilines is 1. The molecule has 23 heavy (non-hydrogen) atoms. The SMILES string of the molecule is c1ccc(CNc2ccc(-c3c[nH]c4ncccc34)cn2)cc1. The lowest BCUT2D eigenvalue weighted by Gasteiger charge is -2.06. The number of pyridine rings is 2. The van der Waals surface area contributed by atoms with Crippen LogP contribution in [0.4, 0.5) is 5.82 Å². The Morgan fingerprint density at radius 3 is 2.65 bits per heavy atom. The highest BCUT2D eigenvalue weighted by Crippen LogP contribution is 2.27. The van der Waals surface area contributed by atoms with Crippen molar-refractivity contribution in [2.45, 2.75) is 6.54 Å². The third-order valence-electron chi connectivity index (χ3n) is 3.84. The number of aromatic amines is 1. The summed E-state index contributed by atoms with van der Waals surface area (Å²) in [5.41, 5.74) is 4.33. The molecule has 0 aliphatic rings. The van der Waals surface area contributed by atoms with Crippen LogP contribution in [0.25, 0.3) is 22.2 Å². The molecule has 1 aromatic carbocycles. The first-order chi connectivity index (χ1) is 11.4. The summed E-state index contributed by atoms with van der Waals surface area (Å²) in [5.74, 6) is 0.871. The van der Waals surface area contributed by atoms with Gasteiger partial charge in [0.2, 0.25) is 0 Å². The number of hydrogen-bond donors (Lipinski definition) is 2. The fraction of sp³-hybridized carbons (Fsp3) is 0.0526. The molecule has 0 atom stereocenters. The van der Waals surface area contributed by atoms with Crippen LogP contribution >= 0.6 is 0 Å². The quantitative estimate of drug-likeness (QED) is 0.593. The lowest BCUT2D eigenvalue weighted by Crippen LogP contribution is -2.00. The van der Waals surface area contributed by atoms with E-state index in [9.17, 15) is 0 Å². The highest BCUT2D eigenvalue weighted by Gasteiger charge is 2.06. The molecular weight excluding hydrogens is 284 g/mol. The van der Waals surface area contributed by atoms with Gasteiger partial charge in [-0.2, -0.15) is 0 Å². The number of hydrogen-bond acceptors (Lipinski definition) is 3. The molecule has 0 aliphatic carbocycles. The van der Waals surface area contributed by atoms with E-state index < -0.39 is 0 Å². The predicted octanol–water partition coefficient (Wildman–Crippen LogP) is 4.24. The number of aromatic nitrogens is 3. The van der Waals surface area contributed by atoms with E-state index in [1.807, 2.05) is 42.7 Å². The van der Waals surface area contributed by atoms with E-state index in [1.54, 1.807) is 6.20 Å². The molecule has 3 heterocycles. The van der Waals surface area contributed by atoms with Crippen molar-refractivity contribution in [2.24, 2.45) is 0 Å². The molecule has 0 radical (unpaired) electrons. The maximum absolute atomic E-state index is 4.51. The lowest BCUT2D eigenvalue weighted by atomic mass is 10.1. The van der Waals surface area contributed by atoms with E-state index in [1.165, 1.54) is 5.56 Å². The van der Waals surface area contributed by atoms with E-state index >= 15 is 0 Å². The first-order valence-electron chi connectivity index (χ1n) is 7.56. The zero-order chi connectivity index (χ0) is 15.5. The fourth-order valence-electron chi connectivity index (χ4n) is 2.64. The van der Waals surface area contributed by atoms with Gasteiger partial charge in [0.05, 0.1) is 0 Å². The van der Waals surface area contributed by atoms with E-state index in [0.717, 1.165) is 34.5 Å². The molecule has 112 valence electrons. The molecular formula is C19H16N4. The van der Waals surface area contributed by atoms with Crippen molar-refractivity contribution in [3.8, 4) is 11.1 Å². The van der Waals surface area contributed by atoms with Crippen LogP contribution in [0.15, 0.2) is 73.2 Å². The third kappa shape index (κ3) is 2.79. The average Bonchev–Trinajstić information content (AvgIpc) is 3.05. The van der Waals surface area contributed by atoms with Crippen molar-refractivity contribution in [3.05, 3.63) is 78.8 Å². The second-order valence-electron chi connectivity index (χ2n) is 5.37. The van der Waals surface area contributed by atoms with Crippen molar-refractivity contribution in [1.82, 2.24) is 15.0 Å². The molecule has 0 unspecified atom stereocenters. The summed E-state index contributed by atoms with van der Waals surface area (Å²) in [5, 5.41) is 4.45. The summed E-state index contributed by atoms with van der Waals surface area (Å²) in [4.78, 5) is 12.0. The smallest absolute Gasteiger partial charge is 0.137 e. The van der Waals surface area contributed by atoms with Crippen LogP contribution in [0.1, 0.15) is 5.56 Å². The maximum Gasteiger partial charge on any atom is 0.137 e. The standard InChI is InChI=1S/C19H16N4/c1-2-5-14(6-3-1)11-21-18-9-8-15(12-22-18)17-13-23-19-16(17)7-4-10-20-19/h1-10,12-13H,11H2,(H,20,23)(H,21,22). The number of fused-ring (bicyclic) bond motifs is 1. The van der Waals surface area contributed by atoms with E-state index in [0.29, 0.717) is 0 Å². The molecule has 4 heteroatoms.